The summed E-state index contributed by atoms with van der Waals surface area (Å²) in [7, 11) is 0.553. The summed E-state index contributed by atoms with van der Waals surface area (Å²) in [5.74, 6) is 5.33. The van der Waals surface area contributed by atoms with Crippen molar-refractivity contribution in [2.24, 2.45) is 0 Å². The molecule has 0 nitrogen and oxygen atoms in total. The lowest BCUT2D eigenvalue weighted by atomic mass is 10.1. The van der Waals surface area contributed by atoms with Gasteiger partial charge in [0.15, 0.2) is 0 Å². The summed E-state index contributed by atoms with van der Waals surface area (Å²) in [4.78, 5) is 0. The van der Waals surface area contributed by atoms with Crippen molar-refractivity contribution in [2.45, 2.75) is 0 Å². The van der Waals surface area contributed by atoms with Crippen LogP contribution in [0.5, 0.6) is 0 Å². The van der Waals surface area contributed by atoms with Gasteiger partial charge in [-0.2, -0.15) is 0 Å². The molecule has 0 aromatic heterocycles. The van der Waals surface area contributed by atoms with E-state index in [-0.39, 0.29) is 8.61 Å². The first kappa shape index (κ1) is 12.5. The second-order valence-electron chi connectivity index (χ2n) is 3.88. The van der Waals surface area contributed by atoms with Gasteiger partial charge in [-0.15, -0.1) is 12.8 Å². The van der Waals surface area contributed by atoms with Crippen LogP contribution in [0.3, 0.4) is 0 Å². The number of terminal acetylenes is 2. The largest absolute Gasteiger partial charge is 0.115 e. The summed E-state index contributed by atoms with van der Waals surface area (Å²) in [6.07, 6.45) is 10.9. The van der Waals surface area contributed by atoms with Crippen molar-refractivity contribution < 1.29 is 0 Å². The fraction of sp³-hybridized carbons (Fsp3) is 0. The molecular weight excluding hydrogens is 248 g/mol. The molecule has 0 radical (unpaired) electrons. The Bertz CT molecular complexity index is 623. The molecule has 2 rings (SSSR count). The summed E-state index contributed by atoms with van der Waals surface area (Å²) in [5.41, 5.74) is 1.78. The van der Waals surface area contributed by atoms with Gasteiger partial charge in [-0.1, -0.05) is 47.4 Å². The third-order valence-electron chi connectivity index (χ3n) is 2.56. The average molecular weight is 260 g/mol. The zero-order chi connectivity index (χ0) is 12.8. The number of hydrogen-bond donors (Lipinski definition) is 0. The van der Waals surface area contributed by atoms with Gasteiger partial charge in [0, 0.05) is 28.4 Å². The molecule has 2 heteroatoms. The maximum Gasteiger partial charge on any atom is 0.0256 e. The minimum Gasteiger partial charge on any atom is -0.115 e. The van der Waals surface area contributed by atoms with Crippen molar-refractivity contribution in [3.63, 3.8) is 0 Å². The Morgan fingerprint density at radius 2 is 1.28 bits per heavy atom. The quantitative estimate of drug-likeness (QED) is 0.541. The highest BCUT2D eigenvalue weighted by Crippen LogP contribution is 1.99. The van der Waals surface area contributed by atoms with Crippen LogP contribution < -0.4 is 10.4 Å². The summed E-state index contributed by atoms with van der Waals surface area (Å²) < 4.78 is 0. The van der Waals surface area contributed by atoms with Crippen molar-refractivity contribution in [1.82, 2.24) is 0 Å². The molecule has 0 bridgehead atoms. The molecule has 0 spiro atoms. The van der Waals surface area contributed by atoms with E-state index in [1.165, 1.54) is 10.4 Å². The van der Waals surface area contributed by atoms with E-state index in [2.05, 4.69) is 48.2 Å². The number of hydrogen-bond acceptors (Lipinski definition) is 0. The first-order valence-electron chi connectivity index (χ1n) is 5.63. The molecule has 0 amide bonds. The molecule has 2 aromatic rings. The van der Waals surface area contributed by atoms with E-state index in [4.69, 9.17) is 12.8 Å². The second kappa shape index (κ2) is 6.07. The molecule has 0 unspecified atom stereocenters. The molecule has 0 aliphatic carbocycles. The van der Waals surface area contributed by atoms with Gasteiger partial charge < -0.3 is 0 Å². The Morgan fingerprint density at radius 1 is 0.722 bits per heavy atom. The van der Waals surface area contributed by atoms with Crippen molar-refractivity contribution >= 4 is 27.6 Å². The first-order chi connectivity index (χ1) is 8.81. The Balaban J connectivity index is 2.33. The number of rotatable bonds is 2. The maximum atomic E-state index is 5.45. The fourth-order valence-corrected chi connectivity index (χ4v) is 5.45. The van der Waals surface area contributed by atoms with Gasteiger partial charge in [-0.05, 0) is 23.4 Å². The lowest BCUT2D eigenvalue weighted by Crippen LogP contribution is -2.18. The van der Waals surface area contributed by atoms with E-state index in [0.717, 1.165) is 11.1 Å². The van der Waals surface area contributed by atoms with Gasteiger partial charge in [-0.3, -0.25) is 0 Å². The van der Waals surface area contributed by atoms with Crippen molar-refractivity contribution in [1.29, 1.82) is 0 Å². The smallest absolute Gasteiger partial charge is 0.0256 e. The van der Waals surface area contributed by atoms with E-state index in [1.54, 1.807) is 0 Å². The molecule has 84 valence electrons. The molecular formula is C16H12Si2. The van der Waals surface area contributed by atoms with Crippen LogP contribution in [0.4, 0.5) is 0 Å². The van der Waals surface area contributed by atoms with Crippen molar-refractivity contribution in [3.8, 4) is 24.7 Å². The summed E-state index contributed by atoms with van der Waals surface area (Å²) in [5, 5.41) is 2.76. The van der Waals surface area contributed by atoms with Gasteiger partial charge in [-0.25, -0.2) is 0 Å². The zero-order valence-electron chi connectivity index (χ0n) is 9.93. The molecule has 0 saturated carbocycles. The van der Waals surface area contributed by atoms with E-state index < -0.39 is 0 Å². The van der Waals surface area contributed by atoms with Crippen LogP contribution >= 0.6 is 0 Å². The summed E-state index contributed by atoms with van der Waals surface area (Å²) in [6.45, 7) is 0. The van der Waals surface area contributed by atoms with E-state index in [1.807, 2.05) is 12.1 Å². The van der Waals surface area contributed by atoms with Crippen molar-refractivity contribution in [3.05, 3.63) is 59.7 Å². The molecule has 18 heavy (non-hydrogen) atoms. The fourth-order valence-electron chi connectivity index (χ4n) is 1.67. The first-order valence-corrected chi connectivity index (χ1v) is 9.45. The maximum absolute atomic E-state index is 5.45. The van der Waals surface area contributed by atoms with Crippen LogP contribution in [0.25, 0.3) is 0 Å². The molecule has 0 heterocycles. The standard InChI is InChI=1S/C16H12Si2/c1-3-13-10-14(4-2)12-16(11-13)18-17-15-8-6-5-7-9-15/h1-2,5-12,17-18H. The highest BCUT2D eigenvalue weighted by Gasteiger charge is 1.95. The summed E-state index contributed by atoms with van der Waals surface area (Å²) in [6, 6.07) is 16.7. The normalized spacial score (nSPS) is 9.89. The molecule has 0 N–H and O–H groups in total. The minimum atomic E-state index is 0.247. The van der Waals surface area contributed by atoms with Crippen LogP contribution in [0.2, 0.25) is 0 Å². The van der Waals surface area contributed by atoms with Crippen LogP contribution in [0, 0.1) is 24.7 Å². The molecule has 0 saturated heterocycles. The molecule has 0 aliphatic rings. The highest BCUT2D eigenvalue weighted by atomic mass is 28.9. The Hall–Kier alpha value is -2.01. The SMILES string of the molecule is C#Cc1cc(C#C)cc([SiH]=[SiH]c2ccccc2)c1. The van der Waals surface area contributed by atoms with E-state index >= 15 is 0 Å². The average Bonchev–Trinajstić information content (AvgIpc) is 2.45. The Kier molecular flexibility index (Phi) is 4.20. The van der Waals surface area contributed by atoms with Gasteiger partial charge in [0.2, 0.25) is 0 Å². The predicted molar refractivity (Wildman–Crippen MR) is 82.3 cm³/mol. The Morgan fingerprint density at radius 3 is 1.83 bits per heavy atom. The lowest BCUT2D eigenvalue weighted by molar-refractivity contribution is 1.64. The van der Waals surface area contributed by atoms with Gasteiger partial charge in [0.05, 0.1) is 0 Å². The lowest BCUT2D eigenvalue weighted by Gasteiger charge is -1.98. The van der Waals surface area contributed by atoms with Crippen LogP contribution in [0.1, 0.15) is 11.1 Å². The van der Waals surface area contributed by atoms with Crippen LogP contribution in [-0.4, -0.2) is 17.2 Å². The van der Waals surface area contributed by atoms with Crippen LogP contribution in [-0.2, 0) is 0 Å². The highest BCUT2D eigenvalue weighted by molar-refractivity contribution is 6.88. The minimum absolute atomic E-state index is 0.247. The van der Waals surface area contributed by atoms with Gasteiger partial charge >= 0.3 is 0 Å². The van der Waals surface area contributed by atoms with Gasteiger partial charge in [0.25, 0.3) is 0 Å². The monoisotopic (exact) mass is 260 g/mol. The Labute approximate surface area is 112 Å². The van der Waals surface area contributed by atoms with Gasteiger partial charge in [0.1, 0.15) is 0 Å². The number of benzene rings is 2. The molecule has 2 aromatic carbocycles. The van der Waals surface area contributed by atoms with Crippen LogP contribution in [0.15, 0.2) is 48.5 Å². The third kappa shape index (κ3) is 3.24. The van der Waals surface area contributed by atoms with E-state index in [0.29, 0.717) is 8.61 Å². The van der Waals surface area contributed by atoms with Crippen molar-refractivity contribution in [2.75, 3.05) is 0 Å². The molecule has 0 aliphatic heterocycles. The van der Waals surface area contributed by atoms with E-state index in [9.17, 15) is 0 Å². The summed E-state index contributed by atoms with van der Waals surface area (Å²) >= 11 is 0. The third-order valence-corrected chi connectivity index (χ3v) is 7.02. The predicted octanol–water partition coefficient (Wildman–Crippen LogP) is 0.388. The second-order valence-corrected chi connectivity index (χ2v) is 7.88. The molecule has 0 fully saturated rings. The topological polar surface area (TPSA) is 0 Å². The molecule has 0 atom stereocenters. The zero-order valence-corrected chi connectivity index (χ0v) is 12.2.